The number of hydrogen-bond donors (Lipinski definition) is 0. The van der Waals surface area contributed by atoms with Crippen molar-refractivity contribution in [3.8, 4) is 0 Å². The van der Waals surface area contributed by atoms with Crippen LogP contribution in [0, 0.1) is 5.92 Å². The lowest BCUT2D eigenvalue weighted by atomic mass is 9.99. The number of carbonyl (C=O) groups is 1. The Hall–Kier alpha value is -1.01. The Balaban J connectivity index is 1.45. The molecule has 2 saturated heterocycles. The smallest absolute Gasteiger partial charge is 0.236 e. The highest BCUT2D eigenvalue weighted by Gasteiger charge is 2.43. The van der Waals surface area contributed by atoms with Crippen molar-refractivity contribution >= 4 is 17.4 Å². The van der Waals surface area contributed by atoms with Crippen LogP contribution in [0.2, 0.25) is 0 Å². The fraction of sp³-hybridized carbons (Fsp3) is 0.800. The van der Waals surface area contributed by atoms with Crippen molar-refractivity contribution in [2.45, 2.75) is 51.1 Å². The van der Waals surface area contributed by atoms with Crippen LogP contribution in [0.15, 0.2) is 0 Å². The highest BCUT2D eigenvalue weighted by molar-refractivity contribution is 7.05. The molecule has 2 bridgehead atoms. The lowest BCUT2D eigenvalue weighted by molar-refractivity contribution is -0.134. The van der Waals surface area contributed by atoms with E-state index in [0.29, 0.717) is 24.5 Å². The molecule has 4 rings (SSSR count). The van der Waals surface area contributed by atoms with E-state index in [1.807, 2.05) is 0 Å². The normalized spacial score (nSPS) is 29.7. The summed E-state index contributed by atoms with van der Waals surface area (Å²) in [6.45, 7) is 4.75. The van der Waals surface area contributed by atoms with Crippen molar-refractivity contribution in [1.29, 1.82) is 0 Å². The number of nitrogens with zero attached hydrogens (tertiary/aromatic N) is 4. The summed E-state index contributed by atoms with van der Waals surface area (Å²) in [5, 5.41) is 4.26. The quantitative estimate of drug-likeness (QED) is 0.837. The molecule has 21 heavy (non-hydrogen) atoms. The van der Waals surface area contributed by atoms with Crippen LogP contribution in [0.5, 0.6) is 0 Å². The molecule has 0 aromatic carbocycles. The van der Waals surface area contributed by atoms with Crippen LogP contribution < -0.4 is 0 Å². The van der Waals surface area contributed by atoms with Gasteiger partial charge in [-0.05, 0) is 43.1 Å². The summed E-state index contributed by atoms with van der Waals surface area (Å²) in [5.41, 5.74) is 1.18. The van der Waals surface area contributed by atoms with Crippen LogP contribution in [0.1, 0.15) is 49.2 Å². The monoisotopic (exact) mass is 306 g/mol. The fourth-order valence-corrected chi connectivity index (χ4v) is 4.86. The number of hydrogen-bond acceptors (Lipinski definition) is 5. The Morgan fingerprint density at radius 3 is 2.90 bits per heavy atom. The second-order valence-corrected chi connectivity index (χ2v) is 7.56. The minimum Gasteiger partial charge on any atom is -0.342 e. The molecular weight excluding hydrogens is 284 g/mol. The van der Waals surface area contributed by atoms with E-state index in [9.17, 15) is 4.79 Å². The van der Waals surface area contributed by atoms with Gasteiger partial charge in [0.15, 0.2) is 0 Å². The maximum Gasteiger partial charge on any atom is 0.236 e. The number of carbonyl (C=O) groups excluding carboxylic acids is 1. The molecule has 0 radical (unpaired) electrons. The third-order valence-electron chi connectivity index (χ3n) is 5.41. The van der Waals surface area contributed by atoms with E-state index in [4.69, 9.17) is 0 Å². The molecule has 0 unspecified atom stereocenters. The van der Waals surface area contributed by atoms with Gasteiger partial charge in [0.1, 0.15) is 0 Å². The van der Waals surface area contributed by atoms with Crippen LogP contribution in [-0.2, 0) is 11.2 Å². The molecule has 1 aromatic rings. The molecule has 2 atom stereocenters. The first-order valence-electron chi connectivity index (χ1n) is 8.07. The van der Waals surface area contributed by atoms with Gasteiger partial charge in [0.05, 0.1) is 17.1 Å². The van der Waals surface area contributed by atoms with Crippen molar-refractivity contribution < 1.29 is 4.79 Å². The number of rotatable bonds is 2. The number of likely N-dealkylation sites (tertiary alicyclic amines) is 1. The van der Waals surface area contributed by atoms with Crippen molar-refractivity contribution in [1.82, 2.24) is 19.4 Å². The SMILES string of the molecule is CC1CCN(C(=O)CN2[C@H]3CC[C@H]2c2snnc2C3)CC1. The molecule has 1 amide bonds. The molecule has 0 spiro atoms. The molecular formula is C15H22N4OS. The molecule has 6 heteroatoms. The first-order chi connectivity index (χ1) is 10.2. The maximum atomic E-state index is 12.6. The average Bonchev–Trinajstić information content (AvgIpc) is 3.05. The van der Waals surface area contributed by atoms with Gasteiger partial charge in [0.2, 0.25) is 5.91 Å². The third kappa shape index (κ3) is 2.38. The van der Waals surface area contributed by atoms with E-state index in [-0.39, 0.29) is 0 Å². The second-order valence-electron chi connectivity index (χ2n) is 6.77. The zero-order valence-corrected chi connectivity index (χ0v) is 13.3. The molecule has 3 aliphatic heterocycles. The third-order valence-corrected chi connectivity index (χ3v) is 6.28. The lowest BCUT2D eigenvalue weighted by Gasteiger charge is -2.36. The van der Waals surface area contributed by atoms with Crippen LogP contribution in [0.25, 0.3) is 0 Å². The summed E-state index contributed by atoms with van der Waals surface area (Å²) in [7, 11) is 0. The van der Waals surface area contributed by atoms with E-state index in [1.165, 1.54) is 28.5 Å². The van der Waals surface area contributed by atoms with E-state index in [1.54, 1.807) is 0 Å². The summed E-state index contributed by atoms with van der Waals surface area (Å²) in [6.07, 6.45) is 5.64. The Bertz CT molecular complexity index is 538. The molecule has 4 heterocycles. The number of piperidine rings is 1. The number of fused-ring (bicyclic) bond motifs is 4. The summed E-state index contributed by atoms with van der Waals surface area (Å²) < 4.78 is 4.10. The van der Waals surface area contributed by atoms with Crippen LogP contribution in [-0.4, -0.2) is 51.0 Å². The predicted molar refractivity (Wildman–Crippen MR) is 81.1 cm³/mol. The highest BCUT2D eigenvalue weighted by Crippen LogP contribution is 2.44. The average molecular weight is 306 g/mol. The van der Waals surface area contributed by atoms with Crippen LogP contribution >= 0.6 is 11.5 Å². The zero-order valence-electron chi connectivity index (χ0n) is 12.5. The van der Waals surface area contributed by atoms with E-state index in [2.05, 4.69) is 26.3 Å². The van der Waals surface area contributed by atoms with Gasteiger partial charge in [0.25, 0.3) is 0 Å². The lowest BCUT2D eigenvalue weighted by Crippen LogP contribution is -2.47. The van der Waals surface area contributed by atoms with Crippen molar-refractivity contribution in [2.24, 2.45) is 5.92 Å². The van der Waals surface area contributed by atoms with Crippen molar-refractivity contribution in [3.63, 3.8) is 0 Å². The molecule has 3 aliphatic rings. The summed E-state index contributed by atoms with van der Waals surface area (Å²) in [6, 6.07) is 0.894. The summed E-state index contributed by atoms with van der Waals surface area (Å²) in [5.74, 6) is 1.09. The molecule has 0 aliphatic carbocycles. The molecule has 114 valence electrons. The second kappa shape index (κ2) is 5.32. The first-order valence-corrected chi connectivity index (χ1v) is 8.84. The Labute approximate surface area is 129 Å². The maximum absolute atomic E-state index is 12.6. The fourth-order valence-electron chi connectivity index (χ4n) is 4.02. The molecule has 5 nitrogen and oxygen atoms in total. The van der Waals surface area contributed by atoms with E-state index < -0.39 is 0 Å². The van der Waals surface area contributed by atoms with Gasteiger partial charge in [-0.2, -0.15) is 0 Å². The molecule has 0 saturated carbocycles. The van der Waals surface area contributed by atoms with Gasteiger partial charge in [-0.1, -0.05) is 11.4 Å². The van der Waals surface area contributed by atoms with E-state index >= 15 is 0 Å². The topological polar surface area (TPSA) is 49.3 Å². The minimum absolute atomic E-state index is 0.319. The zero-order chi connectivity index (χ0) is 14.4. The van der Waals surface area contributed by atoms with Gasteiger partial charge < -0.3 is 4.90 Å². The first kappa shape index (κ1) is 13.6. The number of amides is 1. The van der Waals surface area contributed by atoms with Gasteiger partial charge in [-0.25, -0.2) is 0 Å². The van der Waals surface area contributed by atoms with Gasteiger partial charge >= 0.3 is 0 Å². The predicted octanol–water partition coefficient (Wildman–Crippen LogP) is 1.86. The summed E-state index contributed by atoms with van der Waals surface area (Å²) in [4.78, 5) is 18.4. The molecule has 1 aromatic heterocycles. The van der Waals surface area contributed by atoms with Gasteiger partial charge in [0, 0.05) is 31.6 Å². The molecule has 0 N–H and O–H groups in total. The van der Waals surface area contributed by atoms with Crippen molar-refractivity contribution in [2.75, 3.05) is 19.6 Å². The van der Waals surface area contributed by atoms with Crippen LogP contribution in [0.3, 0.4) is 0 Å². The van der Waals surface area contributed by atoms with Gasteiger partial charge in [-0.3, -0.25) is 9.69 Å². The standard InChI is InChI=1S/C15H22N4OS/c1-10-4-6-18(7-5-10)14(20)9-19-11-2-3-13(19)15-12(8-11)16-17-21-15/h10-11,13H,2-9H2,1H3/t11-,13-/m0/s1. The minimum atomic E-state index is 0.319. The largest absolute Gasteiger partial charge is 0.342 e. The Morgan fingerprint density at radius 1 is 1.29 bits per heavy atom. The highest BCUT2D eigenvalue weighted by atomic mass is 32.1. The Morgan fingerprint density at radius 2 is 2.10 bits per heavy atom. The van der Waals surface area contributed by atoms with Gasteiger partial charge in [-0.15, -0.1) is 5.10 Å². The van der Waals surface area contributed by atoms with E-state index in [0.717, 1.165) is 44.7 Å². The molecule has 2 fully saturated rings. The van der Waals surface area contributed by atoms with Crippen LogP contribution in [0.4, 0.5) is 0 Å². The number of aromatic nitrogens is 2. The van der Waals surface area contributed by atoms with Crippen molar-refractivity contribution in [3.05, 3.63) is 10.6 Å². The Kier molecular flexibility index (Phi) is 3.46. The summed E-state index contributed by atoms with van der Waals surface area (Å²) >= 11 is 1.52.